The third-order valence-corrected chi connectivity index (χ3v) is 7.40. The molecule has 1 saturated carbocycles. The Morgan fingerprint density at radius 2 is 1.88 bits per heavy atom. The van der Waals surface area contributed by atoms with E-state index in [4.69, 9.17) is 14.7 Å². The van der Waals surface area contributed by atoms with Crippen molar-refractivity contribution in [2.24, 2.45) is 0 Å². The van der Waals surface area contributed by atoms with Crippen molar-refractivity contribution in [1.82, 2.24) is 19.7 Å². The van der Waals surface area contributed by atoms with Crippen molar-refractivity contribution in [3.63, 3.8) is 0 Å². The first-order valence-electron chi connectivity index (χ1n) is 11.8. The van der Waals surface area contributed by atoms with E-state index in [0.29, 0.717) is 11.6 Å². The van der Waals surface area contributed by atoms with Crippen molar-refractivity contribution in [2.75, 3.05) is 12.4 Å². The SMILES string of the molecule is O=C(NC1CC1)c1ccc(-c2cnc3c(SCC4CCCO4)nc(-c4ccccc4)cn23)cc1. The van der Waals surface area contributed by atoms with Gasteiger partial charge in [-0.25, -0.2) is 9.97 Å². The minimum absolute atomic E-state index is 0.00410. The molecule has 1 aliphatic heterocycles. The number of nitrogens with zero attached hydrogens (tertiary/aromatic N) is 3. The molecule has 1 unspecified atom stereocenters. The molecule has 6 nitrogen and oxygen atoms in total. The van der Waals surface area contributed by atoms with Gasteiger partial charge >= 0.3 is 0 Å². The van der Waals surface area contributed by atoms with E-state index in [2.05, 4.69) is 28.0 Å². The van der Waals surface area contributed by atoms with Crippen LogP contribution in [0.1, 0.15) is 36.0 Å². The molecule has 2 aliphatic rings. The third-order valence-electron chi connectivity index (χ3n) is 6.32. The zero-order chi connectivity index (χ0) is 22.9. The molecule has 7 heteroatoms. The van der Waals surface area contributed by atoms with Crippen LogP contribution in [0, 0.1) is 0 Å². The predicted octanol–water partition coefficient (Wildman–Crippen LogP) is 5.23. The zero-order valence-electron chi connectivity index (χ0n) is 18.8. The fourth-order valence-corrected chi connectivity index (χ4v) is 5.30. The fourth-order valence-electron chi connectivity index (χ4n) is 4.26. The molecular formula is C27H26N4O2S. The van der Waals surface area contributed by atoms with Gasteiger partial charge in [-0.2, -0.15) is 0 Å². The lowest BCUT2D eigenvalue weighted by Gasteiger charge is -2.12. The average molecular weight is 471 g/mol. The summed E-state index contributed by atoms with van der Waals surface area (Å²) in [6, 6.07) is 18.3. The van der Waals surface area contributed by atoms with Gasteiger partial charge in [0.15, 0.2) is 5.65 Å². The summed E-state index contributed by atoms with van der Waals surface area (Å²) in [5.41, 5.74) is 5.48. The molecule has 1 N–H and O–H groups in total. The van der Waals surface area contributed by atoms with E-state index in [1.54, 1.807) is 11.8 Å². The third kappa shape index (κ3) is 4.45. The minimum atomic E-state index is -0.00410. The van der Waals surface area contributed by atoms with E-state index < -0.39 is 0 Å². The molecule has 0 bridgehead atoms. The first kappa shape index (κ1) is 21.4. The molecule has 1 aliphatic carbocycles. The van der Waals surface area contributed by atoms with Crippen LogP contribution >= 0.6 is 11.8 Å². The van der Waals surface area contributed by atoms with Crippen molar-refractivity contribution >= 4 is 23.3 Å². The van der Waals surface area contributed by atoms with Gasteiger partial charge in [0.2, 0.25) is 0 Å². The van der Waals surface area contributed by atoms with E-state index >= 15 is 0 Å². The van der Waals surface area contributed by atoms with Gasteiger partial charge in [-0.05, 0) is 37.8 Å². The largest absolute Gasteiger partial charge is 0.377 e. The number of hydrogen-bond acceptors (Lipinski definition) is 5. The first-order chi connectivity index (χ1) is 16.7. The highest BCUT2D eigenvalue weighted by atomic mass is 32.2. The van der Waals surface area contributed by atoms with Crippen LogP contribution in [-0.2, 0) is 4.74 Å². The highest BCUT2D eigenvalue weighted by Crippen LogP contribution is 2.31. The van der Waals surface area contributed by atoms with Gasteiger partial charge in [0.25, 0.3) is 5.91 Å². The van der Waals surface area contributed by atoms with Crippen molar-refractivity contribution in [3.05, 3.63) is 72.6 Å². The molecule has 172 valence electrons. The van der Waals surface area contributed by atoms with Gasteiger partial charge in [-0.3, -0.25) is 9.20 Å². The quantitative estimate of drug-likeness (QED) is 0.375. The maximum Gasteiger partial charge on any atom is 0.251 e. The van der Waals surface area contributed by atoms with E-state index in [9.17, 15) is 4.79 Å². The lowest BCUT2D eigenvalue weighted by atomic mass is 10.1. The monoisotopic (exact) mass is 470 g/mol. The molecule has 34 heavy (non-hydrogen) atoms. The number of hydrogen-bond donors (Lipinski definition) is 1. The summed E-state index contributed by atoms with van der Waals surface area (Å²) < 4.78 is 7.94. The number of carbonyl (C=O) groups excluding carboxylic acids is 1. The molecule has 4 aromatic rings. The Bertz CT molecular complexity index is 1310. The van der Waals surface area contributed by atoms with Crippen LogP contribution in [-0.4, -0.2) is 44.8 Å². The summed E-state index contributed by atoms with van der Waals surface area (Å²) in [6.07, 6.45) is 8.60. The number of imidazole rings is 1. The van der Waals surface area contributed by atoms with Crippen LogP contribution in [0.2, 0.25) is 0 Å². The molecule has 0 spiro atoms. The zero-order valence-corrected chi connectivity index (χ0v) is 19.6. The van der Waals surface area contributed by atoms with Crippen molar-refractivity contribution in [2.45, 2.75) is 42.9 Å². The van der Waals surface area contributed by atoms with Crippen molar-refractivity contribution < 1.29 is 9.53 Å². The molecule has 1 atom stereocenters. The maximum atomic E-state index is 12.4. The highest BCUT2D eigenvalue weighted by molar-refractivity contribution is 7.99. The van der Waals surface area contributed by atoms with Gasteiger partial charge in [-0.1, -0.05) is 54.2 Å². The van der Waals surface area contributed by atoms with Crippen LogP contribution in [0.15, 0.2) is 72.0 Å². The number of carbonyl (C=O) groups is 1. The standard InChI is InChI=1S/C27H26N4O2S/c32-26(29-21-12-13-21)20-10-8-19(9-11-20)24-15-28-25-27(34-17-22-7-4-14-33-22)30-23(16-31(24)25)18-5-2-1-3-6-18/h1-3,5-6,8-11,15-16,21-22H,4,7,12-14,17H2,(H,29,32). The number of thioether (sulfide) groups is 1. The Morgan fingerprint density at radius 3 is 2.62 bits per heavy atom. The maximum absolute atomic E-state index is 12.4. The number of amides is 1. The summed E-state index contributed by atoms with van der Waals surface area (Å²) in [5, 5.41) is 3.95. The number of fused-ring (bicyclic) bond motifs is 1. The molecule has 3 heterocycles. The van der Waals surface area contributed by atoms with E-state index in [0.717, 1.165) is 71.2 Å². The summed E-state index contributed by atoms with van der Waals surface area (Å²) in [4.78, 5) is 22.1. The number of nitrogens with one attached hydrogen (secondary N) is 1. The highest BCUT2D eigenvalue weighted by Gasteiger charge is 2.24. The predicted molar refractivity (Wildman–Crippen MR) is 134 cm³/mol. The second-order valence-electron chi connectivity index (χ2n) is 8.91. The van der Waals surface area contributed by atoms with E-state index in [1.165, 1.54) is 0 Å². The van der Waals surface area contributed by atoms with Crippen LogP contribution in [0.25, 0.3) is 28.2 Å². The number of benzene rings is 2. The fraction of sp³-hybridized carbons (Fsp3) is 0.296. The number of aromatic nitrogens is 3. The van der Waals surface area contributed by atoms with E-state index in [-0.39, 0.29) is 12.0 Å². The van der Waals surface area contributed by atoms with Crippen LogP contribution in [0.4, 0.5) is 0 Å². The second kappa shape index (κ2) is 9.24. The Morgan fingerprint density at radius 1 is 1.06 bits per heavy atom. The Balaban J connectivity index is 1.36. The Labute approximate surface area is 202 Å². The number of rotatable bonds is 7. The molecule has 2 fully saturated rings. The summed E-state index contributed by atoms with van der Waals surface area (Å²) in [5.74, 6) is 0.865. The molecular weight excluding hydrogens is 444 g/mol. The van der Waals surface area contributed by atoms with Gasteiger partial charge in [-0.15, -0.1) is 0 Å². The normalized spacial score (nSPS) is 17.8. The van der Waals surface area contributed by atoms with Gasteiger partial charge in [0.05, 0.1) is 23.7 Å². The Hall–Kier alpha value is -3.16. The van der Waals surface area contributed by atoms with Gasteiger partial charge in [0, 0.05) is 41.3 Å². The molecule has 1 amide bonds. The van der Waals surface area contributed by atoms with E-state index in [1.807, 2.05) is 48.7 Å². The second-order valence-corrected chi connectivity index (χ2v) is 9.91. The van der Waals surface area contributed by atoms with Crippen LogP contribution in [0.3, 0.4) is 0 Å². The molecule has 2 aromatic heterocycles. The van der Waals surface area contributed by atoms with Crippen molar-refractivity contribution in [3.8, 4) is 22.5 Å². The smallest absolute Gasteiger partial charge is 0.251 e. The molecule has 6 rings (SSSR count). The molecule has 0 radical (unpaired) electrons. The van der Waals surface area contributed by atoms with Gasteiger partial charge < -0.3 is 10.1 Å². The minimum Gasteiger partial charge on any atom is -0.377 e. The lowest BCUT2D eigenvalue weighted by Crippen LogP contribution is -2.25. The summed E-state index contributed by atoms with van der Waals surface area (Å²) in [7, 11) is 0. The van der Waals surface area contributed by atoms with Crippen molar-refractivity contribution in [1.29, 1.82) is 0 Å². The lowest BCUT2D eigenvalue weighted by molar-refractivity contribution is 0.0951. The Kier molecular flexibility index (Phi) is 5.81. The van der Waals surface area contributed by atoms with Crippen LogP contribution in [0.5, 0.6) is 0 Å². The van der Waals surface area contributed by atoms with Crippen LogP contribution < -0.4 is 5.32 Å². The molecule has 1 saturated heterocycles. The average Bonchev–Trinajstić information content (AvgIpc) is 3.35. The molecule has 2 aromatic carbocycles. The summed E-state index contributed by atoms with van der Waals surface area (Å²) in [6.45, 7) is 0.848. The first-order valence-corrected chi connectivity index (χ1v) is 12.8. The topological polar surface area (TPSA) is 68.5 Å². The summed E-state index contributed by atoms with van der Waals surface area (Å²) >= 11 is 1.71. The van der Waals surface area contributed by atoms with Gasteiger partial charge in [0.1, 0.15) is 5.03 Å². The number of ether oxygens (including phenoxy) is 1.